The lowest BCUT2D eigenvalue weighted by Crippen LogP contribution is -2.48. The minimum Gasteiger partial charge on any atom is -0.381 e. The predicted molar refractivity (Wildman–Crippen MR) is 60.5 cm³/mol. The number of primary amides is 1. The maximum atomic E-state index is 11.9. The standard InChI is InChI=1S/C11H19N3O3/c12-9-6-2-1-5(3-6)8(9)11(17)14-4-7(15)10(13)16/h5-9,15H,1-4,12H2,(H2,13,16)(H,14,17). The Labute approximate surface area is 99.7 Å². The van der Waals surface area contributed by atoms with Crippen molar-refractivity contribution in [2.45, 2.75) is 31.4 Å². The van der Waals surface area contributed by atoms with Crippen LogP contribution in [-0.2, 0) is 9.59 Å². The Morgan fingerprint density at radius 1 is 1.35 bits per heavy atom. The third-order valence-corrected chi connectivity index (χ3v) is 4.08. The first-order valence-corrected chi connectivity index (χ1v) is 6.01. The van der Waals surface area contributed by atoms with Crippen LogP contribution in [0.2, 0.25) is 0 Å². The molecule has 2 bridgehead atoms. The molecular formula is C11H19N3O3. The summed E-state index contributed by atoms with van der Waals surface area (Å²) < 4.78 is 0. The van der Waals surface area contributed by atoms with E-state index in [2.05, 4.69) is 5.32 Å². The van der Waals surface area contributed by atoms with Gasteiger partial charge in [-0.15, -0.1) is 0 Å². The highest BCUT2D eigenvalue weighted by Crippen LogP contribution is 2.47. The maximum absolute atomic E-state index is 11.9. The summed E-state index contributed by atoms with van der Waals surface area (Å²) in [5.74, 6) is -0.348. The van der Waals surface area contributed by atoms with Gasteiger partial charge in [-0.05, 0) is 31.1 Å². The zero-order valence-electron chi connectivity index (χ0n) is 9.63. The first-order valence-electron chi connectivity index (χ1n) is 6.01. The van der Waals surface area contributed by atoms with Crippen molar-refractivity contribution in [2.75, 3.05) is 6.54 Å². The normalized spacial score (nSPS) is 36.8. The van der Waals surface area contributed by atoms with Gasteiger partial charge in [0.1, 0.15) is 6.10 Å². The monoisotopic (exact) mass is 241 g/mol. The molecule has 2 rings (SSSR count). The zero-order chi connectivity index (χ0) is 12.6. The summed E-state index contributed by atoms with van der Waals surface area (Å²) in [4.78, 5) is 22.5. The Morgan fingerprint density at radius 2 is 2.00 bits per heavy atom. The van der Waals surface area contributed by atoms with Gasteiger partial charge in [-0.25, -0.2) is 0 Å². The molecule has 2 saturated carbocycles. The summed E-state index contributed by atoms with van der Waals surface area (Å²) in [5, 5.41) is 11.7. The molecule has 6 N–H and O–H groups in total. The first kappa shape index (κ1) is 12.3. The van der Waals surface area contributed by atoms with Crippen molar-refractivity contribution in [1.82, 2.24) is 5.32 Å². The second-order valence-corrected chi connectivity index (χ2v) is 5.10. The van der Waals surface area contributed by atoms with Gasteiger partial charge >= 0.3 is 0 Å². The highest BCUT2D eigenvalue weighted by atomic mass is 16.3. The highest BCUT2D eigenvalue weighted by Gasteiger charge is 2.48. The third kappa shape index (κ3) is 2.28. The van der Waals surface area contributed by atoms with Gasteiger partial charge in [-0.3, -0.25) is 9.59 Å². The number of nitrogens with two attached hydrogens (primary N) is 2. The molecule has 2 fully saturated rings. The molecule has 0 spiro atoms. The van der Waals surface area contributed by atoms with E-state index in [1.54, 1.807) is 0 Å². The molecule has 2 aliphatic rings. The number of rotatable bonds is 4. The van der Waals surface area contributed by atoms with Crippen LogP contribution in [0.1, 0.15) is 19.3 Å². The summed E-state index contributed by atoms with van der Waals surface area (Å²) in [5.41, 5.74) is 10.9. The van der Waals surface area contributed by atoms with Crippen LogP contribution >= 0.6 is 0 Å². The van der Waals surface area contributed by atoms with Crippen molar-refractivity contribution in [3.05, 3.63) is 0 Å². The number of amides is 2. The largest absolute Gasteiger partial charge is 0.381 e. The summed E-state index contributed by atoms with van der Waals surface area (Å²) in [6.45, 7) is -0.130. The smallest absolute Gasteiger partial charge is 0.248 e. The van der Waals surface area contributed by atoms with Gasteiger partial charge in [0.2, 0.25) is 11.8 Å². The van der Waals surface area contributed by atoms with Crippen molar-refractivity contribution < 1.29 is 14.7 Å². The average Bonchev–Trinajstić information content (AvgIpc) is 2.85. The number of aliphatic hydroxyl groups is 1. The van der Waals surface area contributed by atoms with E-state index in [9.17, 15) is 14.7 Å². The molecule has 0 aliphatic heterocycles. The Kier molecular flexibility index (Phi) is 3.35. The number of hydrogen-bond acceptors (Lipinski definition) is 4. The van der Waals surface area contributed by atoms with Crippen molar-refractivity contribution in [3.8, 4) is 0 Å². The average molecular weight is 241 g/mol. The van der Waals surface area contributed by atoms with E-state index in [0.717, 1.165) is 19.3 Å². The van der Waals surface area contributed by atoms with Crippen LogP contribution in [0.4, 0.5) is 0 Å². The Hall–Kier alpha value is -1.14. The molecule has 6 nitrogen and oxygen atoms in total. The molecule has 17 heavy (non-hydrogen) atoms. The molecule has 2 aliphatic carbocycles. The van der Waals surface area contributed by atoms with Crippen LogP contribution in [0.25, 0.3) is 0 Å². The van der Waals surface area contributed by atoms with E-state index >= 15 is 0 Å². The summed E-state index contributed by atoms with van der Waals surface area (Å²) >= 11 is 0. The van der Waals surface area contributed by atoms with Gasteiger partial charge in [-0.1, -0.05) is 0 Å². The third-order valence-electron chi connectivity index (χ3n) is 4.08. The van der Waals surface area contributed by atoms with E-state index in [1.165, 1.54) is 0 Å². The zero-order valence-corrected chi connectivity index (χ0v) is 9.63. The maximum Gasteiger partial charge on any atom is 0.248 e. The number of fused-ring (bicyclic) bond motifs is 2. The number of hydrogen-bond donors (Lipinski definition) is 4. The molecule has 5 atom stereocenters. The van der Waals surface area contributed by atoms with Crippen molar-refractivity contribution in [2.24, 2.45) is 29.2 Å². The van der Waals surface area contributed by atoms with Crippen molar-refractivity contribution in [1.29, 1.82) is 0 Å². The van der Waals surface area contributed by atoms with E-state index < -0.39 is 12.0 Å². The van der Waals surface area contributed by atoms with Gasteiger partial charge in [0.05, 0.1) is 12.5 Å². The molecule has 0 aromatic heterocycles. The van der Waals surface area contributed by atoms with Gasteiger partial charge in [0.25, 0.3) is 0 Å². The molecule has 5 unspecified atom stereocenters. The molecule has 0 saturated heterocycles. The van der Waals surface area contributed by atoms with Crippen LogP contribution < -0.4 is 16.8 Å². The van der Waals surface area contributed by atoms with Crippen molar-refractivity contribution >= 4 is 11.8 Å². The van der Waals surface area contributed by atoms with Gasteiger partial charge in [0, 0.05) is 6.04 Å². The van der Waals surface area contributed by atoms with E-state index in [-0.39, 0.29) is 24.4 Å². The predicted octanol–water partition coefficient (Wildman–Crippen LogP) is -1.68. The summed E-state index contributed by atoms with van der Waals surface area (Å²) in [6.07, 6.45) is 1.86. The van der Waals surface area contributed by atoms with Crippen LogP contribution in [0.5, 0.6) is 0 Å². The second kappa shape index (κ2) is 4.62. The molecule has 0 radical (unpaired) electrons. The SMILES string of the molecule is NC(=O)C(O)CNC(=O)C1C2CCC(C2)C1N. The van der Waals surface area contributed by atoms with Crippen LogP contribution in [0.3, 0.4) is 0 Å². The minimum atomic E-state index is -1.33. The van der Waals surface area contributed by atoms with Crippen molar-refractivity contribution in [3.63, 3.8) is 0 Å². The van der Waals surface area contributed by atoms with E-state index in [1.807, 2.05) is 0 Å². The molecule has 6 heteroatoms. The number of aliphatic hydroxyl groups excluding tert-OH is 1. The lowest BCUT2D eigenvalue weighted by atomic mass is 9.84. The molecule has 96 valence electrons. The number of carbonyl (C=O) groups is 2. The Balaban J connectivity index is 1.86. The summed E-state index contributed by atoms with van der Waals surface area (Å²) in [6, 6.07) is -0.0838. The topological polar surface area (TPSA) is 118 Å². The molecular weight excluding hydrogens is 222 g/mol. The Bertz CT molecular complexity index is 332. The quantitative estimate of drug-likeness (QED) is 0.470. The lowest BCUT2D eigenvalue weighted by molar-refractivity contribution is -0.129. The fourth-order valence-electron chi connectivity index (χ4n) is 3.14. The minimum absolute atomic E-state index is 0.0838. The van der Waals surface area contributed by atoms with E-state index in [4.69, 9.17) is 11.5 Å². The number of nitrogens with one attached hydrogen (secondary N) is 1. The fourth-order valence-corrected chi connectivity index (χ4v) is 3.14. The van der Waals surface area contributed by atoms with E-state index in [0.29, 0.717) is 11.8 Å². The summed E-state index contributed by atoms with van der Waals surface area (Å²) in [7, 11) is 0. The highest BCUT2D eigenvalue weighted by molar-refractivity contribution is 5.82. The Morgan fingerprint density at radius 3 is 2.53 bits per heavy atom. The van der Waals surface area contributed by atoms with Gasteiger partial charge in [-0.2, -0.15) is 0 Å². The van der Waals surface area contributed by atoms with Gasteiger partial charge in [0.15, 0.2) is 0 Å². The molecule has 0 aromatic rings. The first-order chi connectivity index (χ1) is 8.00. The van der Waals surface area contributed by atoms with Crippen LogP contribution in [0, 0.1) is 17.8 Å². The second-order valence-electron chi connectivity index (χ2n) is 5.10. The molecule has 2 amide bonds. The van der Waals surface area contributed by atoms with Crippen LogP contribution in [-0.4, -0.2) is 35.6 Å². The molecule has 0 aromatic carbocycles. The lowest BCUT2D eigenvalue weighted by Gasteiger charge is -2.27. The molecule has 0 heterocycles. The van der Waals surface area contributed by atoms with Gasteiger partial charge < -0.3 is 21.9 Å². The fraction of sp³-hybridized carbons (Fsp3) is 0.818. The number of carbonyl (C=O) groups excluding carboxylic acids is 2. The van der Waals surface area contributed by atoms with Crippen LogP contribution in [0.15, 0.2) is 0 Å².